The second-order valence-corrected chi connectivity index (χ2v) is 10.2. The molecule has 2 aromatic carbocycles. The molecule has 0 aromatic heterocycles. The highest BCUT2D eigenvalue weighted by Gasteiger charge is 2.22. The zero-order chi connectivity index (χ0) is 24.3. The van der Waals surface area contributed by atoms with E-state index in [2.05, 4.69) is 26.0 Å². The van der Waals surface area contributed by atoms with Crippen LogP contribution in [0.15, 0.2) is 30.3 Å². The van der Waals surface area contributed by atoms with Gasteiger partial charge in [0, 0.05) is 11.1 Å². The van der Waals surface area contributed by atoms with Gasteiger partial charge in [-0.1, -0.05) is 95.9 Å². The third-order valence-electron chi connectivity index (χ3n) is 7.62. The molecule has 2 nitrogen and oxygen atoms in total. The van der Waals surface area contributed by atoms with Crippen LogP contribution in [0.5, 0.6) is 5.75 Å². The summed E-state index contributed by atoms with van der Waals surface area (Å²) >= 11 is 0. The Kier molecular flexibility index (Phi) is 10.4. The van der Waals surface area contributed by atoms with Crippen LogP contribution in [0.2, 0.25) is 0 Å². The van der Waals surface area contributed by atoms with E-state index < -0.39 is 0 Å². The standard InChI is InChI=1S/C31H42FNO/c1-4-5-6-7-8-9-10-11-12-25-17-20-29(31(34-3)30(25)32)28-19-18-26(21-27(28)22-33)24-15-13-23(2)14-16-24/h17-21,23-24H,4-16H2,1-3H3. The number of nitriles is 1. The van der Waals surface area contributed by atoms with Crippen molar-refractivity contribution in [3.05, 3.63) is 52.8 Å². The van der Waals surface area contributed by atoms with Crippen molar-refractivity contribution >= 4 is 0 Å². The van der Waals surface area contributed by atoms with Gasteiger partial charge < -0.3 is 4.74 Å². The second kappa shape index (κ2) is 13.5. The second-order valence-electron chi connectivity index (χ2n) is 10.2. The molecule has 1 fully saturated rings. The monoisotopic (exact) mass is 463 g/mol. The lowest BCUT2D eigenvalue weighted by Gasteiger charge is -2.27. The summed E-state index contributed by atoms with van der Waals surface area (Å²) in [5.41, 5.74) is 3.96. The number of aryl methyl sites for hydroxylation is 1. The summed E-state index contributed by atoms with van der Waals surface area (Å²) in [5, 5.41) is 9.88. The highest BCUT2D eigenvalue weighted by Crippen LogP contribution is 2.40. The molecule has 0 spiro atoms. The Morgan fingerprint density at radius 3 is 2.21 bits per heavy atom. The SMILES string of the molecule is CCCCCCCCCCc1ccc(-c2ccc(C3CCC(C)CC3)cc2C#N)c(OC)c1F. The van der Waals surface area contributed by atoms with E-state index in [-0.39, 0.29) is 11.6 Å². The predicted octanol–water partition coefficient (Wildman–Crippen LogP) is 9.35. The van der Waals surface area contributed by atoms with Crippen LogP contribution in [0.1, 0.15) is 114 Å². The fourth-order valence-corrected chi connectivity index (χ4v) is 5.39. The van der Waals surface area contributed by atoms with Crippen molar-refractivity contribution in [2.24, 2.45) is 5.92 Å². The van der Waals surface area contributed by atoms with E-state index in [1.54, 1.807) is 0 Å². The first-order chi connectivity index (χ1) is 16.6. The first-order valence-corrected chi connectivity index (χ1v) is 13.5. The molecular formula is C31H42FNO. The van der Waals surface area contributed by atoms with Gasteiger partial charge in [0.15, 0.2) is 11.6 Å². The van der Waals surface area contributed by atoms with Crippen molar-refractivity contribution in [3.8, 4) is 22.9 Å². The molecule has 3 heteroatoms. The molecular weight excluding hydrogens is 421 g/mol. The molecule has 1 aliphatic rings. The molecule has 2 aromatic rings. The van der Waals surface area contributed by atoms with Gasteiger partial charge in [0.25, 0.3) is 0 Å². The van der Waals surface area contributed by atoms with Crippen LogP contribution in [-0.4, -0.2) is 7.11 Å². The van der Waals surface area contributed by atoms with Crippen LogP contribution >= 0.6 is 0 Å². The quantitative estimate of drug-likeness (QED) is 0.294. The van der Waals surface area contributed by atoms with Crippen LogP contribution < -0.4 is 4.74 Å². The summed E-state index contributed by atoms with van der Waals surface area (Å²) in [6.07, 6.45) is 15.4. The normalized spacial score (nSPS) is 18.0. The van der Waals surface area contributed by atoms with Crippen molar-refractivity contribution in [2.75, 3.05) is 7.11 Å². The molecule has 0 atom stereocenters. The average molecular weight is 464 g/mol. The molecule has 0 amide bonds. The van der Waals surface area contributed by atoms with Crippen molar-refractivity contribution in [1.82, 2.24) is 0 Å². The lowest BCUT2D eigenvalue weighted by Crippen LogP contribution is -2.11. The maximum absolute atomic E-state index is 15.4. The fraction of sp³-hybridized carbons (Fsp3) is 0.581. The first-order valence-electron chi connectivity index (χ1n) is 13.5. The molecule has 34 heavy (non-hydrogen) atoms. The molecule has 0 heterocycles. The number of benzene rings is 2. The average Bonchev–Trinajstić information content (AvgIpc) is 2.86. The lowest BCUT2D eigenvalue weighted by atomic mass is 9.78. The Morgan fingerprint density at radius 2 is 1.56 bits per heavy atom. The number of hydrogen-bond donors (Lipinski definition) is 0. The van der Waals surface area contributed by atoms with Crippen LogP contribution in [0.3, 0.4) is 0 Å². The third-order valence-corrected chi connectivity index (χ3v) is 7.62. The Morgan fingerprint density at radius 1 is 0.912 bits per heavy atom. The summed E-state index contributed by atoms with van der Waals surface area (Å²) in [4.78, 5) is 0. The van der Waals surface area contributed by atoms with Crippen LogP contribution in [0.25, 0.3) is 11.1 Å². The van der Waals surface area contributed by atoms with E-state index in [1.807, 2.05) is 24.3 Å². The van der Waals surface area contributed by atoms with Gasteiger partial charge in [-0.25, -0.2) is 4.39 Å². The summed E-state index contributed by atoms with van der Waals surface area (Å²) in [7, 11) is 1.52. The van der Waals surface area contributed by atoms with E-state index >= 15 is 4.39 Å². The lowest BCUT2D eigenvalue weighted by molar-refractivity contribution is 0.348. The highest BCUT2D eigenvalue weighted by molar-refractivity contribution is 5.77. The summed E-state index contributed by atoms with van der Waals surface area (Å²) in [5.74, 6) is 1.29. The zero-order valence-corrected chi connectivity index (χ0v) is 21.5. The van der Waals surface area contributed by atoms with Gasteiger partial charge in [0.1, 0.15) is 0 Å². The van der Waals surface area contributed by atoms with Gasteiger partial charge >= 0.3 is 0 Å². The molecule has 0 bridgehead atoms. The van der Waals surface area contributed by atoms with Gasteiger partial charge in [-0.15, -0.1) is 0 Å². The van der Waals surface area contributed by atoms with Crippen molar-refractivity contribution in [1.29, 1.82) is 5.26 Å². The molecule has 1 saturated carbocycles. The number of ether oxygens (including phenoxy) is 1. The summed E-state index contributed by atoms with van der Waals surface area (Å²) < 4.78 is 20.9. The molecule has 3 rings (SSSR count). The predicted molar refractivity (Wildman–Crippen MR) is 140 cm³/mol. The topological polar surface area (TPSA) is 33.0 Å². The Bertz CT molecular complexity index is 953. The van der Waals surface area contributed by atoms with Crippen LogP contribution in [-0.2, 0) is 6.42 Å². The van der Waals surface area contributed by atoms with Crippen molar-refractivity contribution in [3.63, 3.8) is 0 Å². The fourth-order valence-electron chi connectivity index (χ4n) is 5.39. The highest BCUT2D eigenvalue weighted by atomic mass is 19.1. The Labute approximate surface area is 206 Å². The minimum atomic E-state index is -0.280. The van der Waals surface area contributed by atoms with Gasteiger partial charge in [-0.05, 0) is 54.7 Å². The van der Waals surface area contributed by atoms with Crippen LogP contribution in [0.4, 0.5) is 4.39 Å². The number of halogens is 1. The maximum atomic E-state index is 15.4. The smallest absolute Gasteiger partial charge is 0.168 e. The number of unbranched alkanes of at least 4 members (excludes halogenated alkanes) is 7. The first kappa shape index (κ1) is 26.3. The minimum Gasteiger partial charge on any atom is -0.493 e. The number of nitrogens with zero attached hydrogens (tertiary/aromatic N) is 1. The molecule has 0 radical (unpaired) electrons. The largest absolute Gasteiger partial charge is 0.493 e. The number of rotatable bonds is 12. The number of methoxy groups -OCH3 is 1. The molecule has 0 unspecified atom stereocenters. The van der Waals surface area contributed by atoms with Crippen LogP contribution in [0, 0.1) is 23.1 Å². The van der Waals surface area contributed by atoms with E-state index in [0.717, 1.165) is 30.7 Å². The molecule has 1 aliphatic carbocycles. The van der Waals surface area contributed by atoms with Gasteiger partial charge in [-0.3, -0.25) is 0 Å². The zero-order valence-electron chi connectivity index (χ0n) is 21.5. The van der Waals surface area contributed by atoms with Crippen molar-refractivity contribution < 1.29 is 9.13 Å². The maximum Gasteiger partial charge on any atom is 0.168 e. The Hall–Kier alpha value is -2.34. The summed E-state index contributed by atoms with van der Waals surface area (Å²) in [6.45, 7) is 4.56. The minimum absolute atomic E-state index is 0.257. The van der Waals surface area contributed by atoms with E-state index in [4.69, 9.17) is 4.74 Å². The molecule has 0 aliphatic heterocycles. The van der Waals surface area contributed by atoms with Crippen molar-refractivity contribution in [2.45, 2.75) is 103 Å². The van der Waals surface area contributed by atoms with Gasteiger partial charge in [-0.2, -0.15) is 5.26 Å². The molecule has 0 N–H and O–H groups in total. The molecule has 184 valence electrons. The molecule has 0 saturated heterocycles. The number of hydrogen-bond acceptors (Lipinski definition) is 2. The van der Waals surface area contributed by atoms with Gasteiger partial charge in [0.05, 0.1) is 18.7 Å². The van der Waals surface area contributed by atoms with E-state index in [9.17, 15) is 5.26 Å². The Balaban J connectivity index is 1.69. The van der Waals surface area contributed by atoms with E-state index in [0.29, 0.717) is 22.6 Å². The van der Waals surface area contributed by atoms with E-state index in [1.165, 1.54) is 76.9 Å². The summed E-state index contributed by atoms with van der Waals surface area (Å²) in [6, 6.07) is 12.3. The third kappa shape index (κ3) is 6.84. The van der Waals surface area contributed by atoms with Gasteiger partial charge in [0.2, 0.25) is 0 Å².